The standard InChI is InChI=1S/C7H11NO/c1-2-3-4-6-5-8-7(6)9/h4H,2-3,5H2,1H3,(H,8,9)/b6-4+. The van der Waals surface area contributed by atoms with Crippen LogP contribution in [0.4, 0.5) is 0 Å². The van der Waals surface area contributed by atoms with E-state index in [9.17, 15) is 4.79 Å². The molecular weight excluding hydrogens is 114 g/mol. The minimum absolute atomic E-state index is 0.114. The lowest BCUT2D eigenvalue weighted by molar-refractivity contribution is -0.120. The van der Waals surface area contributed by atoms with Gasteiger partial charge in [0.1, 0.15) is 0 Å². The Hall–Kier alpha value is -0.790. The molecule has 0 radical (unpaired) electrons. The molecule has 1 heterocycles. The van der Waals surface area contributed by atoms with Crippen molar-refractivity contribution in [3.63, 3.8) is 0 Å². The highest BCUT2D eigenvalue weighted by Gasteiger charge is 2.17. The number of amides is 1. The first-order valence-corrected chi connectivity index (χ1v) is 3.32. The van der Waals surface area contributed by atoms with Crippen LogP contribution in [0.5, 0.6) is 0 Å². The molecule has 0 spiro atoms. The SMILES string of the molecule is CCC/C=C1\CNC1=O. The van der Waals surface area contributed by atoms with Crippen LogP contribution < -0.4 is 5.32 Å². The molecule has 0 unspecified atom stereocenters. The fourth-order valence-corrected chi connectivity index (χ4v) is 0.746. The molecular formula is C7H11NO. The lowest BCUT2D eigenvalue weighted by Crippen LogP contribution is -2.40. The summed E-state index contributed by atoms with van der Waals surface area (Å²) in [5.41, 5.74) is 0.955. The summed E-state index contributed by atoms with van der Waals surface area (Å²) in [5.74, 6) is 0.114. The van der Waals surface area contributed by atoms with Gasteiger partial charge in [-0.1, -0.05) is 19.4 Å². The Morgan fingerprint density at radius 1 is 1.78 bits per heavy atom. The number of rotatable bonds is 2. The van der Waals surface area contributed by atoms with E-state index in [4.69, 9.17) is 0 Å². The maximum Gasteiger partial charge on any atom is 0.248 e. The number of unbranched alkanes of at least 4 members (excludes halogenated alkanes) is 1. The number of hydrogen-bond acceptors (Lipinski definition) is 1. The molecule has 0 aromatic carbocycles. The van der Waals surface area contributed by atoms with Crippen molar-refractivity contribution < 1.29 is 4.79 Å². The van der Waals surface area contributed by atoms with Crippen LogP contribution in [0.3, 0.4) is 0 Å². The number of nitrogens with one attached hydrogen (secondary N) is 1. The van der Waals surface area contributed by atoms with Crippen molar-refractivity contribution in [2.45, 2.75) is 19.8 Å². The number of allylic oxidation sites excluding steroid dienone is 1. The smallest absolute Gasteiger partial charge is 0.248 e. The third-order valence-corrected chi connectivity index (χ3v) is 1.41. The van der Waals surface area contributed by atoms with Gasteiger partial charge in [-0.05, 0) is 6.42 Å². The quantitative estimate of drug-likeness (QED) is 0.430. The highest BCUT2D eigenvalue weighted by Crippen LogP contribution is 2.04. The number of carbonyl (C=O) groups excluding carboxylic acids is 1. The molecule has 2 heteroatoms. The predicted octanol–water partition coefficient (Wildman–Crippen LogP) is 0.843. The lowest BCUT2D eigenvalue weighted by Gasteiger charge is -2.16. The van der Waals surface area contributed by atoms with Gasteiger partial charge in [-0.3, -0.25) is 4.79 Å². The van der Waals surface area contributed by atoms with Gasteiger partial charge in [0.2, 0.25) is 5.91 Å². The van der Waals surface area contributed by atoms with Crippen LogP contribution >= 0.6 is 0 Å². The molecule has 9 heavy (non-hydrogen) atoms. The Morgan fingerprint density at radius 2 is 2.56 bits per heavy atom. The largest absolute Gasteiger partial charge is 0.348 e. The number of hydrogen-bond donors (Lipinski definition) is 1. The van der Waals surface area contributed by atoms with E-state index in [0.29, 0.717) is 0 Å². The average Bonchev–Trinajstić information content (AvgIpc) is 1.86. The molecule has 1 aliphatic heterocycles. The van der Waals surface area contributed by atoms with Gasteiger partial charge in [0, 0.05) is 12.1 Å². The molecule has 0 saturated carbocycles. The molecule has 1 N–H and O–H groups in total. The molecule has 0 atom stereocenters. The van der Waals surface area contributed by atoms with Crippen LogP contribution in [0.2, 0.25) is 0 Å². The molecule has 0 aromatic rings. The third kappa shape index (κ3) is 1.31. The van der Waals surface area contributed by atoms with Crippen LogP contribution in [0.15, 0.2) is 11.6 Å². The first-order chi connectivity index (χ1) is 4.34. The van der Waals surface area contributed by atoms with Gasteiger partial charge in [-0.2, -0.15) is 0 Å². The molecule has 1 fully saturated rings. The molecule has 1 amide bonds. The summed E-state index contributed by atoms with van der Waals surface area (Å²) in [6, 6.07) is 0. The van der Waals surface area contributed by atoms with Crippen molar-refractivity contribution in [2.24, 2.45) is 0 Å². The Balaban J connectivity index is 2.33. The summed E-state index contributed by atoms with van der Waals surface area (Å²) in [4.78, 5) is 10.6. The van der Waals surface area contributed by atoms with E-state index in [0.717, 1.165) is 25.0 Å². The van der Waals surface area contributed by atoms with E-state index in [1.165, 1.54) is 0 Å². The van der Waals surface area contributed by atoms with E-state index >= 15 is 0 Å². The van der Waals surface area contributed by atoms with Gasteiger partial charge >= 0.3 is 0 Å². The van der Waals surface area contributed by atoms with Gasteiger partial charge < -0.3 is 5.32 Å². The second kappa shape index (κ2) is 2.67. The molecule has 1 rings (SSSR count). The fraction of sp³-hybridized carbons (Fsp3) is 0.571. The Morgan fingerprint density at radius 3 is 2.89 bits per heavy atom. The van der Waals surface area contributed by atoms with Crippen molar-refractivity contribution >= 4 is 5.91 Å². The minimum Gasteiger partial charge on any atom is -0.348 e. The normalized spacial score (nSPS) is 21.4. The summed E-state index contributed by atoms with van der Waals surface area (Å²) in [6.45, 7) is 2.88. The van der Waals surface area contributed by atoms with Crippen LogP contribution in [0, 0.1) is 0 Å². The zero-order chi connectivity index (χ0) is 6.69. The second-order valence-corrected chi connectivity index (χ2v) is 2.20. The van der Waals surface area contributed by atoms with Crippen molar-refractivity contribution in [1.82, 2.24) is 5.32 Å². The minimum atomic E-state index is 0.114. The van der Waals surface area contributed by atoms with E-state index in [1.807, 2.05) is 6.08 Å². The Bertz CT molecular complexity index is 149. The first kappa shape index (κ1) is 6.33. The van der Waals surface area contributed by atoms with Crippen molar-refractivity contribution in [3.05, 3.63) is 11.6 Å². The Labute approximate surface area is 54.9 Å². The van der Waals surface area contributed by atoms with Crippen molar-refractivity contribution in [3.8, 4) is 0 Å². The maximum absolute atomic E-state index is 10.6. The topological polar surface area (TPSA) is 29.1 Å². The van der Waals surface area contributed by atoms with Crippen molar-refractivity contribution in [1.29, 1.82) is 0 Å². The summed E-state index contributed by atoms with van der Waals surface area (Å²) in [6.07, 6.45) is 4.17. The number of carbonyl (C=O) groups is 1. The Kier molecular flexibility index (Phi) is 1.88. The summed E-state index contributed by atoms with van der Waals surface area (Å²) >= 11 is 0. The third-order valence-electron chi connectivity index (χ3n) is 1.41. The van der Waals surface area contributed by atoms with E-state index in [2.05, 4.69) is 12.2 Å². The summed E-state index contributed by atoms with van der Waals surface area (Å²) < 4.78 is 0. The highest BCUT2D eigenvalue weighted by molar-refractivity contribution is 5.99. The lowest BCUT2D eigenvalue weighted by atomic mass is 10.1. The molecule has 0 aromatic heterocycles. The van der Waals surface area contributed by atoms with Gasteiger partial charge in [-0.15, -0.1) is 0 Å². The van der Waals surface area contributed by atoms with Crippen molar-refractivity contribution in [2.75, 3.05) is 6.54 Å². The number of β-lactam (4-membered cyclic amide) rings is 1. The zero-order valence-electron chi connectivity index (χ0n) is 5.61. The van der Waals surface area contributed by atoms with Crippen LogP contribution in [-0.2, 0) is 4.79 Å². The maximum atomic E-state index is 10.6. The molecule has 1 aliphatic rings. The van der Waals surface area contributed by atoms with Crippen LogP contribution in [0.25, 0.3) is 0 Å². The van der Waals surface area contributed by atoms with Crippen LogP contribution in [-0.4, -0.2) is 12.5 Å². The first-order valence-electron chi connectivity index (χ1n) is 3.32. The molecule has 0 aliphatic carbocycles. The molecule has 2 nitrogen and oxygen atoms in total. The van der Waals surface area contributed by atoms with E-state index in [1.54, 1.807) is 0 Å². The summed E-state index contributed by atoms with van der Waals surface area (Å²) in [7, 11) is 0. The highest BCUT2D eigenvalue weighted by atomic mass is 16.2. The van der Waals surface area contributed by atoms with Gasteiger partial charge in [0.25, 0.3) is 0 Å². The summed E-state index contributed by atoms with van der Waals surface area (Å²) in [5, 5.41) is 2.66. The molecule has 50 valence electrons. The van der Waals surface area contributed by atoms with Gasteiger partial charge in [0.15, 0.2) is 0 Å². The van der Waals surface area contributed by atoms with E-state index < -0.39 is 0 Å². The van der Waals surface area contributed by atoms with E-state index in [-0.39, 0.29) is 5.91 Å². The fourth-order valence-electron chi connectivity index (χ4n) is 0.746. The predicted molar refractivity (Wildman–Crippen MR) is 36.0 cm³/mol. The molecule has 0 bridgehead atoms. The molecule has 1 saturated heterocycles. The second-order valence-electron chi connectivity index (χ2n) is 2.20. The average molecular weight is 125 g/mol. The van der Waals surface area contributed by atoms with Gasteiger partial charge in [-0.25, -0.2) is 0 Å². The van der Waals surface area contributed by atoms with Gasteiger partial charge in [0.05, 0.1) is 0 Å². The monoisotopic (exact) mass is 125 g/mol. The zero-order valence-corrected chi connectivity index (χ0v) is 5.61. The van der Waals surface area contributed by atoms with Crippen LogP contribution in [0.1, 0.15) is 19.8 Å².